The third kappa shape index (κ3) is 6.54. The number of unbranched alkanes of at least 4 members (excludes halogenated alkanes) is 1. The van der Waals surface area contributed by atoms with Gasteiger partial charge in [-0.1, -0.05) is 103 Å². The Morgan fingerprint density at radius 1 is 0.892 bits per heavy atom. The molecule has 5 heteroatoms. The Kier molecular flexibility index (Phi) is 9.44. The van der Waals surface area contributed by atoms with Crippen molar-refractivity contribution >= 4 is 6.09 Å². The van der Waals surface area contributed by atoms with E-state index in [0.717, 1.165) is 25.7 Å². The van der Waals surface area contributed by atoms with Gasteiger partial charge in [0, 0.05) is 19.5 Å². The molecule has 2 N–H and O–H groups in total. The molecular weight excluding hydrogens is 463 g/mol. The van der Waals surface area contributed by atoms with Crippen molar-refractivity contribution in [1.29, 1.82) is 0 Å². The van der Waals surface area contributed by atoms with E-state index in [1.54, 1.807) is 0 Å². The van der Waals surface area contributed by atoms with E-state index in [1.807, 2.05) is 24.3 Å². The molecule has 1 amide bonds. The first-order valence-corrected chi connectivity index (χ1v) is 14.1. The number of amides is 1. The number of ether oxygens (including phenoxy) is 1. The van der Waals surface area contributed by atoms with Crippen LogP contribution in [0.5, 0.6) is 0 Å². The molecule has 4 nitrogen and oxygen atoms in total. The van der Waals surface area contributed by atoms with E-state index in [1.165, 1.54) is 11.1 Å². The van der Waals surface area contributed by atoms with Crippen LogP contribution in [0.25, 0.3) is 0 Å². The SMILES string of the molecule is CCCCNC(=O)OC1CNC(C(F)(c2ccc(C(C)(C)CC)cc2)c2ccc(C(C)(C)CC)cc2)C1. The Balaban J connectivity index is 1.92. The van der Waals surface area contributed by atoms with Gasteiger partial charge in [-0.25, -0.2) is 9.18 Å². The number of benzene rings is 2. The van der Waals surface area contributed by atoms with Crippen molar-refractivity contribution in [3.8, 4) is 0 Å². The van der Waals surface area contributed by atoms with Crippen LogP contribution in [0.2, 0.25) is 0 Å². The summed E-state index contributed by atoms with van der Waals surface area (Å²) < 4.78 is 23.2. The zero-order valence-electron chi connectivity index (χ0n) is 23.9. The molecule has 204 valence electrons. The molecule has 37 heavy (non-hydrogen) atoms. The molecule has 1 aliphatic rings. The van der Waals surface area contributed by atoms with Crippen molar-refractivity contribution in [2.75, 3.05) is 13.1 Å². The number of nitrogens with one attached hydrogen (secondary N) is 2. The average molecular weight is 511 g/mol. The average Bonchev–Trinajstić information content (AvgIpc) is 3.37. The van der Waals surface area contributed by atoms with Crippen molar-refractivity contribution in [3.05, 3.63) is 70.8 Å². The Morgan fingerprint density at radius 3 is 1.78 bits per heavy atom. The lowest BCUT2D eigenvalue weighted by atomic mass is 9.76. The van der Waals surface area contributed by atoms with E-state index in [4.69, 9.17) is 4.74 Å². The summed E-state index contributed by atoms with van der Waals surface area (Å²) in [7, 11) is 0. The number of carbonyl (C=O) groups is 1. The highest BCUT2D eigenvalue weighted by Gasteiger charge is 2.47. The molecule has 3 rings (SSSR count). The predicted octanol–water partition coefficient (Wildman–Crippen LogP) is 7.53. The first-order chi connectivity index (χ1) is 17.5. The predicted molar refractivity (Wildman–Crippen MR) is 151 cm³/mol. The Labute approximate surface area is 223 Å². The third-order valence-electron chi connectivity index (χ3n) is 8.58. The van der Waals surface area contributed by atoms with Gasteiger partial charge in [0.1, 0.15) is 6.10 Å². The molecule has 2 atom stereocenters. The van der Waals surface area contributed by atoms with Gasteiger partial charge in [0.25, 0.3) is 0 Å². The fraction of sp³-hybridized carbons (Fsp3) is 0.594. The number of hydrogen-bond acceptors (Lipinski definition) is 3. The van der Waals surface area contributed by atoms with Crippen LogP contribution in [0.3, 0.4) is 0 Å². The molecule has 2 aromatic rings. The maximum absolute atomic E-state index is 17.5. The van der Waals surface area contributed by atoms with E-state index in [9.17, 15) is 4.79 Å². The second-order valence-corrected chi connectivity index (χ2v) is 11.8. The van der Waals surface area contributed by atoms with Crippen molar-refractivity contribution in [2.24, 2.45) is 0 Å². The van der Waals surface area contributed by atoms with Crippen LogP contribution in [0.4, 0.5) is 9.18 Å². The maximum atomic E-state index is 17.5. The minimum atomic E-state index is -1.76. The molecule has 0 spiro atoms. The van der Waals surface area contributed by atoms with Gasteiger partial charge in [-0.2, -0.15) is 0 Å². The number of alkyl carbamates (subject to hydrolysis) is 1. The maximum Gasteiger partial charge on any atom is 0.407 e. The second kappa shape index (κ2) is 12.0. The van der Waals surface area contributed by atoms with Gasteiger partial charge in [0.15, 0.2) is 5.67 Å². The summed E-state index contributed by atoms with van der Waals surface area (Å²) in [6.45, 7) is 16.3. The molecule has 2 aromatic carbocycles. The summed E-state index contributed by atoms with van der Waals surface area (Å²) in [6, 6.07) is 15.5. The van der Waals surface area contributed by atoms with Crippen molar-refractivity contribution in [3.63, 3.8) is 0 Å². The lowest BCUT2D eigenvalue weighted by Gasteiger charge is -2.34. The minimum Gasteiger partial charge on any atom is -0.445 e. The molecule has 1 aliphatic heterocycles. The monoisotopic (exact) mass is 510 g/mol. The fourth-order valence-corrected chi connectivity index (χ4v) is 4.96. The fourth-order valence-electron chi connectivity index (χ4n) is 4.96. The Bertz CT molecular complexity index is 955. The van der Waals surface area contributed by atoms with Gasteiger partial charge in [-0.3, -0.25) is 0 Å². The molecule has 0 aliphatic carbocycles. The van der Waals surface area contributed by atoms with E-state index in [2.05, 4.69) is 83.4 Å². The number of rotatable bonds is 11. The summed E-state index contributed by atoms with van der Waals surface area (Å²) in [5, 5.41) is 6.15. The van der Waals surface area contributed by atoms with Crippen molar-refractivity contribution in [1.82, 2.24) is 10.6 Å². The van der Waals surface area contributed by atoms with Crippen LogP contribution in [0.1, 0.15) is 103 Å². The van der Waals surface area contributed by atoms with Crippen LogP contribution in [-0.2, 0) is 21.2 Å². The minimum absolute atomic E-state index is 0.0283. The van der Waals surface area contributed by atoms with Gasteiger partial charge in [-0.05, 0) is 52.3 Å². The molecule has 1 fully saturated rings. The van der Waals surface area contributed by atoms with Gasteiger partial charge >= 0.3 is 6.09 Å². The summed E-state index contributed by atoms with van der Waals surface area (Å²) in [5.74, 6) is 0. The Hall–Kier alpha value is -2.40. The first-order valence-electron chi connectivity index (χ1n) is 14.1. The van der Waals surface area contributed by atoms with Crippen LogP contribution in [0.15, 0.2) is 48.5 Å². The largest absolute Gasteiger partial charge is 0.445 e. The van der Waals surface area contributed by atoms with Crippen LogP contribution in [-0.4, -0.2) is 31.3 Å². The standard InChI is InChI=1S/C32H47FN2O2/c1-8-11-20-34-29(36)37-27-21-28(35-22-27)32(33,25-16-12-23(13-17-25)30(4,5)9-2)26-18-14-24(15-19-26)31(6,7)10-3/h12-19,27-28,35H,8-11,20-22H2,1-7H3,(H,34,36). The molecule has 2 unspecified atom stereocenters. The summed E-state index contributed by atoms with van der Waals surface area (Å²) >= 11 is 0. The van der Waals surface area contributed by atoms with Gasteiger partial charge < -0.3 is 15.4 Å². The van der Waals surface area contributed by atoms with Gasteiger partial charge in [0.2, 0.25) is 0 Å². The highest BCUT2D eigenvalue weighted by Crippen LogP contribution is 2.42. The molecule has 0 aromatic heterocycles. The van der Waals surface area contributed by atoms with Crippen LogP contribution < -0.4 is 10.6 Å². The second-order valence-electron chi connectivity index (χ2n) is 11.8. The van der Waals surface area contributed by atoms with Crippen LogP contribution >= 0.6 is 0 Å². The third-order valence-corrected chi connectivity index (χ3v) is 8.58. The summed E-state index contributed by atoms with van der Waals surface area (Å²) in [6.07, 6.45) is 3.52. The zero-order chi connectivity index (χ0) is 27.3. The molecule has 0 radical (unpaired) electrons. The molecule has 1 heterocycles. The highest BCUT2D eigenvalue weighted by molar-refractivity contribution is 5.67. The highest BCUT2D eigenvalue weighted by atomic mass is 19.1. The molecule has 0 saturated carbocycles. The van der Waals surface area contributed by atoms with E-state index in [-0.39, 0.29) is 16.9 Å². The quantitative estimate of drug-likeness (QED) is 0.307. The van der Waals surface area contributed by atoms with Crippen LogP contribution in [0, 0.1) is 0 Å². The molecule has 1 saturated heterocycles. The lowest BCUT2D eigenvalue weighted by molar-refractivity contribution is 0.0978. The summed E-state index contributed by atoms with van der Waals surface area (Å²) in [5.41, 5.74) is 1.94. The first kappa shape index (κ1) is 29.2. The number of halogens is 1. The summed E-state index contributed by atoms with van der Waals surface area (Å²) in [4.78, 5) is 12.2. The number of hydrogen-bond donors (Lipinski definition) is 2. The van der Waals surface area contributed by atoms with Gasteiger partial charge in [0.05, 0.1) is 6.04 Å². The number of alkyl halides is 1. The topological polar surface area (TPSA) is 50.4 Å². The van der Waals surface area contributed by atoms with E-state index >= 15 is 4.39 Å². The normalized spacial score (nSPS) is 18.6. The molecule has 0 bridgehead atoms. The number of carbonyl (C=O) groups excluding carboxylic acids is 1. The van der Waals surface area contributed by atoms with Crippen molar-refractivity contribution in [2.45, 2.75) is 109 Å². The zero-order valence-corrected chi connectivity index (χ0v) is 23.9. The Morgan fingerprint density at radius 2 is 1.35 bits per heavy atom. The van der Waals surface area contributed by atoms with E-state index < -0.39 is 17.8 Å². The van der Waals surface area contributed by atoms with E-state index in [0.29, 0.717) is 30.6 Å². The van der Waals surface area contributed by atoms with Gasteiger partial charge in [-0.15, -0.1) is 0 Å². The molecular formula is C32H47FN2O2. The van der Waals surface area contributed by atoms with Crippen molar-refractivity contribution < 1.29 is 13.9 Å². The lowest BCUT2D eigenvalue weighted by Crippen LogP contribution is -2.43. The smallest absolute Gasteiger partial charge is 0.407 e.